The number of likely N-dealkylation sites (tertiary alicyclic amines) is 1. The number of carboxylic acids is 1. The number of carbonyl (C=O) groups excluding carboxylic acids is 2. The van der Waals surface area contributed by atoms with Crippen molar-refractivity contribution in [1.29, 1.82) is 0 Å². The van der Waals surface area contributed by atoms with Crippen molar-refractivity contribution in [2.24, 2.45) is 5.92 Å². The van der Waals surface area contributed by atoms with E-state index in [-0.39, 0.29) is 24.3 Å². The predicted molar refractivity (Wildman–Crippen MR) is 119 cm³/mol. The van der Waals surface area contributed by atoms with Crippen molar-refractivity contribution in [3.8, 4) is 11.1 Å². The van der Waals surface area contributed by atoms with Crippen molar-refractivity contribution in [3.63, 3.8) is 0 Å². The minimum Gasteiger partial charge on any atom is -0.480 e. The highest BCUT2D eigenvalue weighted by Crippen LogP contribution is 2.44. The molecule has 1 aliphatic carbocycles. The number of carbonyl (C=O) groups is 3. The number of aliphatic carboxylic acids is 1. The molecule has 0 aromatic heterocycles. The average molecular weight is 437 g/mol. The summed E-state index contributed by atoms with van der Waals surface area (Å²) < 4.78 is 5.57. The summed E-state index contributed by atoms with van der Waals surface area (Å²) in [5, 5.41) is 12.1. The summed E-state index contributed by atoms with van der Waals surface area (Å²) >= 11 is 0. The molecule has 1 heterocycles. The molecular weight excluding hydrogens is 408 g/mol. The number of nitrogens with zero attached hydrogens (tertiary/aromatic N) is 1. The fourth-order valence-electron chi connectivity index (χ4n) is 4.75. The molecule has 168 valence electrons. The quantitative estimate of drug-likeness (QED) is 0.721. The summed E-state index contributed by atoms with van der Waals surface area (Å²) in [5.74, 6) is -1.67. The first-order chi connectivity index (χ1) is 15.4. The highest BCUT2D eigenvalue weighted by molar-refractivity contribution is 5.90. The van der Waals surface area contributed by atoms with Crippen LogP contribution in [0.3, 0.4) is 0 Å². The van der Waals surface area contributed by atoms with Crippen LogP contribution in [0.25, 0.3) is 11.1 Å². The van der Waals surface area contributed by atoms with Crippen LogP contribution >= 0.6 is 0 Å². The molecule has 1 unspecified atom stereocenters. The minimum absolute atomic E-state index is 0.0728. The Morgan fingerprint density at radius 2 is 1.66 bits per heavy atom. The normalized spacial score (nSPS) is 18.2. The van der Waals surface area contributed by atoms with E-state index in [1.807, 2.05) is 50.2 Å². The van der Waals surface area contributed by atoms with E-state index in [2.05, 4.69) is 17.4 Å². The molecule has 1 saturated heterocycles. The number of hydrogen-bond acceptors (Lipinski definition) is 4. The first kappa shape index (κ1) is 21.9. The lowest BCUT2D eigenvalue weighted by Crippen LogP contribution is -2.53. The zero-order valence-electron chi connectivity index (χ0n) is 18.3. The second-order valence-corrected chi connectivity index (χ2v) is 8.72. The van der Waals surface area contributed by atoms with E-state index < -0.39 is 24.1 Å². The van der Waals surface area contributed by atoms with E-state index in [1.165, 1.54) is 4.90 Å². The van der Waals surface area contributed by atoms with Gasteiger partial charge in [-0.05, 0) is 41.0 Å². The third-order valence-corrected chi connectivity index (χ3v) is 6.37. The molecule has 0 radical (unpaired) electrons. The number of alkyl carbamates (subject to hydrolysis) is 1. The van der Waals surface area contributed by atoms with E-state index in [4.69, 9.17) is 4.74 Å². The van der Waals surface area contributed by atoms with Crippen LogP contribution in [0.1, 0.15) is 43.7 Å². The fourth-order valence-corrected chi connectivity index (χ4v) is 4.75. The largest absolute Gasteiger partial charge is 0.480 e. The molecule has 4 rings (SSSR count). The van der Waals surface area contributed by atoms with Gasteiger partial charge in [0.1, 0.15) is 18.7 Å². The number of rotatable bonds is 6. The molecule has 7 nitrogen and oxygen atoms in total. The van der Waals surface area contributed by atoms with Gasteiger partial charge < -0.3 is 20.1 Å². The van der Waals surface area contributed by atoms with Gasteiger partial charge in [-0.1, -0.05) is 62.4 Å². The number of hydrogen-bond donors (Lipinski definition) is 2. The fraction of sp³-hybridized carbons (Fsp3) is 0.400. The summed E-state index contributed by atoms with van der Waals surface area (Å²) in [5.41, 5.74) is 4.50. The molecule has 2 amide bonds. The van der Waals surface area contributed by atoms with E-state index >= 15 is 0 Å². The van der Waals surface area contributed by atoms with E-state index in [1.54, 1.807) is 0 Å². The van der Waals surface area contributed by atoms with E-state index in [9.17, 15) is 19.5 Å². The highest BCUT2D eigenvalue weighted by atomic mass is 16.5. The van der Waals surface area contributed by atoms with Gasteiger partial charge in [-0.3, -0.25) is 4.79 Å². The second-order valence-electron chi connectivity index (χ2n) is 8.72. The minimum atomic E-state index is -1.01. The summed E-state index contributed by atoms with van der Waals surface area (Å²) in [6.45, 7) is 4.17. The highest BCUT2D eigenvalue weighted by Gasteiger charge is 2.39. The van der Waals surface area contributed by atoms with Crippen LogP contribution in [0.2, 0.25) is 0 Å². The summed E-state index contributed by atoms with van der Waals surface area (Å²) in [7, 11) is 0. The van der Waals surface area contributed by atoms with Crippen molar-refractivity contribution in [2.75, 3.05) is 13.2 Å². The predicted octanol–water partition coefficient (Wildman–Crippen LogP) is 3.63. The number of ether oxygens (including phenoxy) is 1. The summed E-state index contributed by atoms with van der Waals surface area (Å²) in [6, 6.07) is 14.5. The molecule has 2 aromatic rings. The van der Waals surface area contributed by atoms with Gasteiger partial charge in [-0.2, -0.15) is 0 Å². The average Bonchev–Trinajstić information content (AvgIpc) is 3.39. The maximum Gasteiger partial charge on any atom is 0.407 e. The second kappa shape index (κ2) is 9.02. The van der Waals surface area contributed by atoms with E-state index in [0.29, 0.717) is 19.4 Å². The number of carboxylic acid groups (broad SMARTS) is 1. The molecule has 1 fully saturated rings. The van der Waals surface area contributed by atoms with Crippen molar-refractivity contribution < 1.29 is 24.2 Å². The molecule has 1 aliphatic heterocycles. The van der Waals surface area contributed by atoms with Gasteiger partial charge in [-0.25, -0.2) is 9.59 Å². The molecule has 32 heavy (non-hydrogen) atoms. The molecule has 0 spiro atoms. The Kier molecular flexibility index (Phi) is 6.17. The van der Waals surface area contributed by atoms with Crippen molar-refractivity contribution in [1.82, 2.24) is 10.2 Å². The molecule has 2 atom stereocenters. The first-order valence-corrected chi connectivity index (χ1v) is 11.0. The maximum atomic E-state index is 13.0. The van der Waals surface area contributed by atoms with Gasteiger partial charge in [0, 0.05) is 12.5 Å². The monoisotopic (exact) mass is 436 g/mol. The smallest absolute Gasteiger partial charge is 0.407 e. The molecule has 7 heteroatoms. The van der Waals surface area contributed by atoms with Gasteiger partial charge in [-0.15, -0.1) is 0 Å². The number of amides is 2. The zero-order chi connectivity index (χ0) is 22.8. The van der Waals surface area contributed by atoms with Crippen LogP contribution in [0.5, 0.6) is 0 Å². The van der Waals surface area contributed by atoms with E-state index in [0.717, 1.165) is 22.3 Å². The molecule has 2 aromatic carbocycles. The van der Waals surface area contributed by atoms with Gasteiger partial charge in [0.2, 0.25) is 5.91 Å². The third kappa shape index (κ3) is 4.07. The van der Waals surface area contributed by atoms with Crippen LogP contribution < -0.4 is 5.32 Å². The Morgan fingerprint density at radius 1 is 1.06 bits per heavy atom. The molecule has 0 bridgehead atoms. The van der Waals surface area contributed by atoms with Crippen LogP contribution in [-0.2, 0) is 14.3 Å². The summed E-state index contributed by atoms with van der Waals surface area (Å²) in [4.78, 5) is 38.5. The zero-order valence-corrected chi connectivity index (χ0v) is 18.3. The molecular formula is C25H28N2O5. The number of nitrogens with one attached hydrogen (secondary N) is 1. The maximum absolute atomic E-state index is 13.0. The van der Waals surface area contributed by atoms with Crippen molar-refractivity contribution in [3.05, 3.63) is 59.7 Å². The van der Waals surface area contributed by atoms with Crippen LogP contribution in [0.15, 0.2) is 48.5 Å². The third-order valence-electron chi connectivity index (χ3n) is 6.37. The van der Waals surface area contributed by atoms with Gasteiger partial charge in [0.25, 0.3) is 0 Å². The topological polar surface area (TPSA) is 95.9 Å². The number of fused-ring (bicyclic) bond motifs is 3. The Morgan fingerprint density at radius 3 is 2.22 bits per heavy atom. The molecule has 2 N–H and O–H groups in total. The van der Waals surface area contributed by atoms with Gasteiger partial charge >= 0.3 is 12.1 Å². The lowest BCUT2D eigenvalue weighted by molar-refractivity contribution is -0.149. The van der Waals surface area contributed by atoms with Crippen LogP contribution in [0, 0.1) is 5.92 Å². The molecule has 0 saturated carbocycles. The van der Waals surface area contributed by atoms with Gasteiger partial charge in [0.15, 0.2) is 0 Å². The number of benzene rings is 2. The van der Waals surface area contributed by atoms with Crippen molar-refractivity contribution >= 4 is 18.0 Å². The Hall–Kier alpha value is -3.35. The lowest BCUT2D eigenvalue weighted by atomic mass is 9.98. The lowest BCUT2D eigenvalue weighted by Gasteiger charge is -2.29. The SMILES string of the molecule is CC(C)C(NC(=O)OCC1c2ccccc2-c2ccccc21)C(=O)N1CCC[C@H]1C(=O)O. The Bertz CT molecular complexity index is 989. The first-order valence-electron chi connectivity index (χ1n) is 11.0. The van der Waals surface area contributed by atoms with Crippen LogP contribution in [-0.4, -0.2) is 53.2 Å². The summed E-state index contributed by atoms with van der Waals surface area (Å²) in [6.07, 6.45) is 0.389. The Labute approximate surface area is 187 Å². The van der Waals surface area contributed by atoms with Gasteiger partial charge in [0.05, 0.1) is 0 Å². The van der Waals surface area contributed by atoms with Crippen LogP contribution in [0.4, 0.5) is 4.79 Å². The standard InChI is InChI=1S/C25H28N2O5/c1-15(2)22(23(28)27-13-7-12-21(27)24(29)30)26-25(31)32-14-20-18-10-5-3-8-16(18)17-9-4-6-11-19(17)20/h3-6,8-11,15,20-22H,7,12-14H2,1-2H3,(H,26,31)(H,29,30)/t21-,22?/m0/s1. The Balaban J connectivity index is 1.44. The molecule has 2 aliphatic rings. The van der Waals surface area contributed by atoms with Crippen molar-refractivity contribution in [2.45, 2.75) is 44.7 Å².